The molecule has 2 aliphatic rings. The minimum Gasteiger partial charge on any atom is -0.354 e. The normalized spacial score (nSPS) is 19.1. The van der Waals surface area contributed by atoms with Gasteiger partial charge in [0.25, 0.3) is 5.91 Å². The molecule has 1 fully saturated rings. The minimum atomic E-state index is -4.65. The molecule has 0 aromatic carbocycles. The highest BCUT2D eigenvalue weighted by Gasteiger charge is 2.36. The Morgan fingerprint density at radius 3 is 2.53 bits per heavy atom. The van der Waals surface area contributed by atoms with E-state index in [0.717, 1.165) is 12.4 Å². The highest BCUT2D eigenvalue weighted by molar-refractivity contribution is 6.09. The van der Waals surface area contributed by atoms with Gasteiger partial charge in [0.05, 0.1) is 54.3 Å². The summed E-state index contributed by atoms with van der Waals surface area (Å²) in [4.78, 5) is 20.1. The first-order valence-electron chi connectivity index (χ1n) is 9.17. The van der Waals surface area contributed by atoms with Crippen molar-refractivity contribution in [3.8, 4) is 5.69 Å². The summed E-state index contributed by atoms with van der Waals surface area (Å²) < 4.78 is 52.9. The number of carbonyl (C=O) groups is 1. The first-order valence-corrected chi connectivity index (χ1v) is 9.17. The quantitative estimate of drug-likeness (QED) is 0.608. The number of amides is 1. The van der Waals surface area contributed by atoms with Crippen molar-refractivity contribution in [3.63, 3.8) is 0 Å². The zero-order valence-electron chi connectivity index (χ0n) is 15.4. The number of hydrogen-bond acceptors (Lipinski definition) is 5. The topological polar surface area (TPSA) is 72.1 Å². The minimum absolute atomic E-state index is 0.0435. The van der Waals surface area contributed by atoms with Crippen LogP contribution in [0.25, 0.3) is 5.69 Å². The number of halogens is 4. The number of anilines is 2. The Labute approximate surface area is 167 Å². The van der Waals surface area contributed by atoms with Gasteiger partial charge < -0.3 is 4.90 Å². The van der Waals surface area contributed by atoms with Gasteiger partial charge in [-0.2, -0.15) is 14.9 Å². The van der Waals surface area contributed by atoms with Gasteiger partial charge in [-0.15, -0.1) is 13.2 Å². The van der Waals surface area contributed by atoms with Gasteiger partial charge in [-0.25, -0.2) is 14.1 Å². The number of hydrogen-bond donors (Lipinski definition) is 0. The second kappa shape index (κ2) is 6.54. The lowest BCUT2D eigenvalue weighted by Gasteiger charge is -2.16. The van der Waals surface area contributed by atoms with E-state index in [9.17, 15) is 22.4 Å². The molecule has 2 aliphatic heterocycles. The molecule has 1 saturated heterocycles. The van der Waals surface area contributed by atoms with Crippen molar-refractivity contribution >= 4 is 17.4 Å². The van der Waals surface area contributed by atoms with Crippen molar-refractivity contribution < 1.29 is 22.4 Å². The van der Waals surface area contributed by atoms with E-state index in [-0.39, 0.29) is 16.9 Å². The van der Waals surface area contributed by atoms with Gasteiger partial charge in [0.1, 0.15) is 12.0 Å². The number of nitrogens with zero attached hydrogens (tertiary/aromatic N) is 7. The van der Waals surface area contributed by atoms with Crippen LogP contribution in [0.15, 0.2) is 36.9 Å². The summed E-state index contributed by atoms with van der Waals surface area (Å²) in [6.45, 7) is 0.971. The zero-order valence-corrected chi connectivity index (χ0v) is 15.4. The summed E-state index contributed by atoms with van der Waals surface area (Å²) in [7, 11) is 0. The van der Waals surface area contributed by atoms with E-state index in [1.54, 1.807) is 18.3 Å². The summed E-state index contributed by atoms with van der Waals surface area (Å²) in [6, 6.07) is 3.53. The second-order valence-electron chi connectivity index (χ2n) is 7.14. The molecule has 0 unspecified atom stereocenters. The predicted octanol–water partition coefficient (Wildman–Crippen LogP) is 2.65. The first kappa shape index (κ1) is 18.6. The van der Waals surface area contributed by atoms with Crippen molar-refractivity contribution in [2.24, 2.45) is 0 Å². The molecule has 0 radical (unpaired) electrons. The van der Waals surface area contributed by atoms with Gasteiger partial charge in [-0.1, -0.05) is 0 Å². The summed E-state index contributed by atoms with van der Waals surface area (Å²) in [5.41, 5.74) is 1.42. The average molecular weight is 421 g/mol. The molecular formula is C18H15F4N7O. The molecule has 5 rings (SSSR count). The van der Waals surface area contributed by atoms with Crippen molar-refractivity contribution in [3.05, 3.63) is 48.2 Å². The number of fused-ring (bicyclic) bond motifs is 1. The Hall–Kier alpha value is -3.44. The summed E-state index contributed by atoms with van der Waals surface area (Å²) in [5, 5.41) is 7.63. The third-order valence-corrected chi connectivity index (χ3v) is 5.17. The van der Waals surface area contributed by atoms with Crippen molar-refractivity contribution in [1.29, 1.82) is 0 Å². The maximum atomic E-state index is 13.4. The second-order valence-corrected chi connectivity index (χ2v) is 7.14. The van der Waals surface area contributed by atoms with E-state index >= 15 is 0 Å². The van der Waals surface area contributed by atoms with E-state index in [4.69, 9.17) is 0 Å². The van der Waals surface area contributed by atoms with Crippen LogP contribution in [0.2, 0.25) is 0 Å². The van der Waals surface area contributed by atoms with Crippen LogP contribution in [0.5, 0.6) is 0 Å². The smallest absolute Gasteiger partial charge is 0.354 e. The summed E-state index contributed by atoms with van der Waals surface area (Å²) >= 11 is 0. The Bertz CT molecular complexity index is 1100. The van der Waals surface area contributed by atoms with Gasteiger partial charge in [-0.3, -0.25) is 9.69 Å². The van der Waals surface area contributed by atoms with Crippen LogP contribution in [0.4, 0.5) is 29.1 Å². The molecule has 1 atom stereocenters. The monoisotopic (exact) mass is 421 g/mol. The Morgan fingerprint density at radius 2 is 1.93 bits per heavy atom. The maximum absolute atomic E-state index is 13.4. The molecule has 3 aromatic rings. The van der Waals surface area contributed by atoms with Crippen LogP contribution < -0.4 is 9.80 Å². The molecular weight excluding hydrogens is 406 g/mol. The number of alkyl halides is 4. The lowest BCUT2D eigenvalue weighted by atomic mass is 10.3. The average Bonchev–Trinajstić information content (AvgIpc) is 3.46. The number of aromatic nitrogens is 5. The first-order chi connectivity index (χ1) is 14.3. The van der Waals surface area contributed by atoms with Crippen LogP contribution in [0.3, 0.4) is 0 Å². The van der Waals surface area contributed by atoms with Gasteiger partial charge >= 0.3 is 6.30 Å². The van der Waals surface area contributed by atoms with Crippen molar-refractivity contribution in [2.75, 3.05) is 22.9 Å². The molecule has 0 saturated carbocycles. The standard InChI is InChI=1S/C18H15F4N7O/c19-11-3-4-26(7-11)16-2-1-12(5-23-16)28-9-14-15(25-28)10-27(17(14)30)13-6-24-29(8-13)18(20,21)22/h1-2,5-6,8-9,11H,3-4,7,10H2/t11-/m1/s1. The zero-order chi connectivity index (χ0) is 21.0. The van der Waals surface area contributed by atoms with Crippen LogP contribution >= 0.6 is 0 Å². The molecule has 0 aliphatic carbocycles. The Balaban J connectivity index is 1.34. The Kier molecular flexibility index (Phi) is 4.05. The molecule has 0 N–H and O–H groups in total. The van der Waals surface area contributed by atoms with Crippen molar-refractivity contribution in [1.82, 2.24) is 24.5 Å². The largest absolute Gasteiger partial charge is 0.504 e. The van der Waals surface area contributed by atoms with E-state index in [0.29, 0.717) is 42.3 Å². The van der Waals surface area contributed by atoms with Crippen LogP contribution in [0.1, 0.15) is 22.5 Å². The third kappa shape index (κ3) is 3.08. The molecule has 3 aromatic heterocycles. The molecule has 12 heteroatoms. The molecule has 5 heterocycles. The molecule has 1 amide bonds. The van der Waals surface area contributed by atoms with Gasteiger partial charge in [0, 0.05) is 12.7 Å². The summed E-state index contributed by atoms with van der Waals surface area (Å²) in [6.07, 6.45) is -0.151. The maximum Gasteiger partial charge on any atom is 0.504 e. The van der Waals surface area contributed by atoms with Gasteiger partial charge in [0.15, 0.2) is 0 Å². The molecule has 30 heavy (non-hydrogen) atoms. The highest BCUT2D eigenvalue weighted by Crippen LogP contribution is 2.30. The number of rotatable bonds is 3. The van der Waals surface area contributed by atoms with Crippen LogP contribution in [0, 0.1) is 0 Å². The highest BCUT2D eigenvalue weighted by atomic mass is 19.4. The van der Waals surface area contributed by atoms with Gasteiger partial charge in [0.2, 0.25) is 0 Å². The van der Waals surface area contributed by atoms with E-state index in [1.807, 2.05) is 4.90 Å². The van der Waals surface area contributed by atoms with Gasteiger partial charge in [-0.05, 0) is 18.6 Å². The van der Waals surface area contributed by atoms with E-state index < -0.39 is 18.4 Å². The number of carbonyl (C=O) groups excluding carboxylic acids is 1. The fourth-order valence-electron chi connectivity index (χ4n) is 3.63. The molecule has 0 bridgehead atoms. The molecule has 0 spiro atoms. The fraction of sp³-hybridized carbons (Fsp3) is 0.333. The fourth-order valence-corrected chi connectivity index (χ4v) is 3.63. The summed E-state index contributed by atoms with van der Waals surface area (Å²) in [5.74, 6) is 0.219. The third-order valence-electron chi connectivity index (χ3n) is 5.17. The van der Waals surface area contributed by atoms with Crippen molar-refractivity contribution in [2.45, 2.75) is 25.4 Å². The van der Waals surface area contributed by atoms with E-state index in [2.05, 4.69) is 15.2 Å². The molecule has 156 valence electrons. The van der Waals surface area contributed by atoms with E-state index in [1.165, 1.54) is 15.8 Å². The Morgan fingerprint density at radius 1 is 1.10 bits per heavy atom. The van der Waals surface area contributed by atoms with Crippen LogP contribution in [-0.4, -0.2) is 49.7 Å². The lowest BCUT2D eigenvalue weighted by molar-refractivity contribution is -0.212. The molecule has 8 nitrogen and oxygen atoms in total. The van der Waals surface area contributed by atoms with Crippen LogP contribution in [-0.2, 0) is 12.8 Å². The number of pyridine rings is 1. The SMILES string of the molecule is O=C1c2cn(-c3ccc(N4CC[C@@H](F)C4)nc3)nc2CN1c1cnn(C(F)(F)F)c1. The lowest BCUT2D eigenvalue weighted by Crippen LogP contribution is -2.24. The predicted molar refractivity (Wildman–Crippen MR) is 97.1 cm³/mol.